The van der Waals surface area contributed by atoms with Crippen molar-refractivity contribution in [1.82, 2.24) is 9.55 Å². The van der Waals surface area contributed by atoms with Gasteiger partial charge in [0.1, 0.15) is 5.82 Å². The molecule has 1 fully saturated rings. The van der Waals surface area contributed by atoms with E-state index in [9.17, 15) is 4.79 Å². The highest BCUT2D eigenvalue weighted by Gasteiger charge is 2.30. The SMILES string of the molecule is Cn1c(C2CCCC2)nc2c1CCC(C(=O)O)C2. The number of hydrogen-bond acceptors (Lipinski definition) is 2. The quantitative estimate of drug-likeness (QED) is 0.873. The van der Waals surface area contributed by atoms with Crippen LogP contribution < -0.4 is 0 Å². The fraction of sp³-hybridized carbons (Fsp3) is 0.714. The van der Waals surface area contributed by atoms with Crippen LogP contribution in [0.3, 0.4) is 0 Å². The number of nitrogens with zero attached hydrogens (tertiary/aromatic N) is 2. The van der Waals surface area contributed by atoms with Gasteiger partial charge in [-0.2, -0.15) is 0 Å². The van der Waals surface area contributed by atoms with Gasteiger partial charge in [0.25, 0.3) is 0 Å². The molecule has 1 unspecified atom stereocenters. The van der Waals surface area contributed by atoms with Gasteiger partial charge in [-0.15, -0.1) is 0 Å². The van der Waals surface area contributed by atoms with Crippen molar-refractivity contribution in [2.24, 2.45) is 13.0 Å². The van der Waals surface area contributed by atoms with Crippen LogP contribution in [0.4, 0.5) is 0 Å². The minimum Gasteiger partial charge on any atom is -0.481 e. The van der Waals surface area contributed by atoms with Crippen LogP contribution in [0.15, 0.2) is 0 Å². The van der Waals surface area contributed by atoms with E-state index in [1.165, 1.54) is 37.2 Å². The Balaban J connectivity index is 1.89. The summed E-state index contributed by atoms with van der Waals surface area (Å²) in [5.41, 5.74) is 2.31. The molecule has 2 aliphatic carbocycles. The predicted octanol–water partition coefficient (Wildman–Crippen LogP) is 2.27. The molecular weight excluding hydrogens is 228 g/mol. The lowest BCUT2D eigenvalue weighted by atomic mass is 9.90. The number of carboxylic acid groups (broad SMARTS) is 1. The zero-order valence-corrected chi connectivity index (χ0v) is 10.9. The molecule has 0 amide bonds. The Morgan fingerprint density at radius 1 is 1.33 bits per heavy atom. The smallest absolute Gasteiger partial charge is 0.306 e. The molecule has 0 bridgehead atoms. The van der Waals surface area contributed by atoms with E-state index < -0.39 is 5.97 Å². The predicted molar refractivity (Wildman–Crippen MR) is 67.6 cm³/mol. The van der Waals surface area contributed by atoms with Gasteiger partial charge in [0.05, 0.1) is 11.6 Å². The minimum atomic E-state index is -0.672. The molecule has 4 heteroatoms. The van der Waals surface area contributed by atoms with Gasteiger partial charge in [-0.25, -0.2) is 4.98 Å². The molecule has 1 heterocycles. The standard InChI is InChI=1S/C14H20N2O2/c1-16-12-7-6-10(14(17)18)8-11(12)15-13(16)9-4-2-3-5-9/h9-10H,2-8H2,1H3,(H,17,18). The van der Waals surface area contributed by atoms with E-state index in [0.717, 1.165) is 18.5 Å². The van der Waals surface area contributed by atoms with Crippen molar-refractivity contribution >= 4 is 5.97 Å². The zero-order chi connectivity index (χ0) is 12.7. The van der Waals surface area contributed by atoms with Crippen LogP contribution >= 0.6 is 0 Å². The lowest BCUT2D eigenvalue weighted by Gasteiger charge is -2.18. The fourth-order valence-corrected chi connectivity index (χ4v) is 3.49. The van der Waals surface area contributed by atoms with E-state index in [1.54, 1.807) is 0 Å². The molecule has 1 saturated carbocycles. The number of fused-ring (bicyclic) bond motifs is 1. The van der Waals surface area contributed by atoms with Gasteiger partial charge in [0.2, 0.25) is 0 Å². The Morgan fingerprint density at radius 3 is 2.72 bits per heavy atom. The summed E-state index contributed by atoms with van der Waals surface area (Å²) >= 11 is 0. The van der Waals surface area contributed by atoms with Gasteiger partial charge in [-0.05, 0) is 25.7 Å². The van der Waals surface area contributed by atoms with E-state index in [1.807, 2.05) is 0 Å². The van der Waals surface area contributed by atoms with Crippen molar-refractivity contribution in [1.29, 1.82) is 0 Å². The zero-order valence-electron chi connectivity index (χ0n) is 10.9. The second kappa shape index (κ2) is 4.41. The maximum atomic E-state index is 11.1. The number of imidazole rings is 1. The van der Waals surface area contributed by atoms with Gasteiger partial charge < -0.3 is 9.67 Å². The Bertz CT molecular complexity index is 472. The fourth-order valence-electron chi connectivity index (χ4n) is 3.49. The normalized spacial score (nSPS) is 24.2. The number of hydrogen-bond donors (Lipinski definition) is 1. The summed E-state index contributed by atoms with van der Waals surface area (Å²) in [6, 6.07) is 0. The second-order valence-electron chi connectivity index (χ2n) is 5.68. The highest BCUT2D eigenvalue weighted by molar-refractivity contribution is 5.70. The van der Waals surface area contributed by atoms with E-state index >= 15 is 0 Å². The van der Waals surface area contributed by atoms with Crippen LogP contribution in [0.2, 0.25) is 0 Å². The maximum absolute atomic E-state index is 11.1. The third kappa shape index (κ3) is 1.84. The molecule has 0 aromatic carbocycles. The molecule has 0 radical (unpaired) electrons. The van der Waals surface area contributed by atoms with Crippen molar-refractivity contribution in [2.75, 3.05) is 0 Å². The number of carbonyl (C=O) groups is 1. The van der Waals surface area contributed by atoms with E-state index in [0.29, 0.717) is 12.3 Å². The van der Waals surface area contributed by atoms with E-state index in [4.69, 9.17) is 10.1 Å². The minimum absolute atomic E-state index is 0.233. The van der Waals surface area contributed by atoms with E-state index in [2.05, 4.69) is 11.6 Å². The van der Waals surface area contributed by atoms with Gasteiger partial charge in [-0.1, -0.05) is 12.8 Å². The van der Waals surface area contributed by atoms with E-state index in [-0.39, 0.29) is 5.92 Å². The van der Waals surface area contributed by atoms with Gasteiger partial charge >= 0.3 is 5.97 Å². The summed E-state index contributed by atoms with van der Waals surface area (Å²) < 4.78 is 2.24. The molecule has 18 heavy (non-hydrogen) atoms. The topological polar surface area (TPSA) is 55.1 Å². The molecule has 1 N–H and O–H groups in total. The highest BCUT2D eigenvalue weighted by Crippen LogP contribution is 2.36. The molecule has 1 atom stereocenters. The van der Waals surface area contributed by atoms with Crippen molar-refractivity contribution < 1.29 is 9.90 Å². The summed E-state index contributed by atoms with van der Waals surface area (Å²) in [6.45, 7) is 0. The molecule has 0 aliphatic heterocycles. The van der Waals surface area contributed by atoms with Crippen molar-refractivity contribution in [3.8, 4) is 0 Å². The van der Waals surface area contributed by atoms with Gasteiger partial charge in [0, 0.05) is 25.1 Å². The highest BCUT2D eigenvalue weighted by atomic mass is 16.4. The Morgan fingerprint density at radius 2 is 2.06 bits per heavy atom. The first-order valence-corrected chi connectivity index (χ1v) is 6.94. The maximum Gasteiger partial charge on any atom is 0.306 e. The lowest BCUT2D eigenvalue weighted by Crippen LogP contribution is -2.22. The van der Waals surface area contributed by atoms with Gasteiger partial charge in [0.15, 0.2) is 0 Å². The largest absolute Gasteiger partial charge is 0.481 e. The summed E-state index contributed by atoms with van der Waals surface area (Å²) in [4.78, 5) is 15.8. The molecule has 3 rings (SSSR count). The van der Waals surface area contributed by atoms with Gasteiger partial charge in [-0.3, -0.25) is 4.79 Å². The van der Waals surface area contributed by atoms with Crippen LogP contribution in [0.5, 0.6) is 0 Å². The summed E-state index contributed by atoms with van der Waals surface area (Å²) in [5, 5.41) is 9.12. The average molecular weight is 248 g/mol. The van der Waals surface area contributed by atoms with Crippen molar-refractivity contribution in [3.63, 3.8) is 0 Å². The molecule has 1 aromatic rings. The third-order valence-corrected chi connectivity index (χ3v) is 4.57. The molecular formula is C14H20N2O2. The molecule has 98 valence electrons. The van der Waals surface area contributed by atoms with Crippen molar-refractivity contribution in [2.45, 2.75) is 50.9 Å². The number of aromatic nitrogens is 2. The third-order valence-electron chi connectivity index (χ3n) is 4.57. The first kappa shape index (κ1) is 11.8. The number of carboxylic acids is 1. The van der Waals surface area contributed by atoms with Crippen LogP contribution in [0.25, 0.3) is 0 Å². The Labute approximate surface area is 107 Å². The van der Waals surface area contributed by atoms with Crippen molar-refractivity contribution in [3.05, 3.63) is 17.2 Å². The lowest BCUT2D eigenvalue weighted by molar-refractivity contribution is -0.142. The monoisotopic (exact) mass is 248 g/mol. The Hall–Kier alpha value is -1.32. The molecule has 1 aromatic heterocycles. The van der Waals surface area contributed by atoms with Crippen LogP contribution in [-0.2, 0) is 24.7 Å². The first-order valence-electron chi connectivity index (χ1n) is 6.94. The molecule has 2 aliphatic rings. The summed E-state index contributed by atoms with van der Waals surface area (Å²) in [5.74, 6) is 0.893. The first-order chi connectivity index (χ1) is 8.66. The molecule has 4 nitrogen and oxygen atoms in total. The number of rotatable bonds is 2. The molecule has 0 saturated heterocycles. The molecule has 0 spiro atoms. The summed E-state index contributed by atoms with van der Waals surface area (Å²) in [7, 11) is 2.10. The summed E-state index contributed by atoms with van der Waals surface area (Å²) in [6.07, 6.45) is 7.33. The Kier molecular flexibility index (Phi) is 2.88. The van der Waals surface area contributed by atoms with Crippen LogP contribution in [-0.4, -0.2) is 20.6 Å². The second-order valence-corrected chi connectivity index (χ2v) is 5.68. The average Bonchev–Trinajstić information content (AvgIpc) is 2.97. The van der Waals surface area contributed by atoms with Crippen LogP contribution in [0, 0.1) is 5.92 Å². The van der Waals surface area contributed by atoms with Crippen LogP contribution in [0.1, 0.15) is 55.2 Å². The number of aliphatic carboxylic acids is 1.